The Bertz CT molecular complexity index is 954. The molecule has 4 rings (SSSR count). The van der Waals surface area contributed by atoms with Crippen molar-refractivity contribution in [3.8, 4) is 0 Å². The number of aromatic nitrogens is 7. The SMILES string of the molecule is Cc1nn(C(C)(C)c2ncn(C)n2)cc1Nc1ncc(Cl)c(C2CC2)n1. The maximum Gasteiger partial charge on any atom is 0.227 e. The van der Waals surface area contributed by atoms with Crippen LogP contribution in [0.3, 0.4) is 0 Å². The van der Waals surface area contributed by atoms with Crippen molar-refractivity contribution < 1.29 is 0 Å². The minimum Gasteiger partial charge on any atom is -0.321 e. The zero-order valence-corrected chi connectivity index (χ0v) is 16.0. The van der Waals surface area contributed by atoms with E-state index in [1.165, 1.54) is 0 Å². The fourth-order valence-electron chi connectivity index (χ4n) is 2.80. The monoisotopic (exact) mass is 372 g/mol. The Morgan fingerprint density at radius 2 is 2.00 bits per heavy atom. The van der Waals surface area contributed by atoms with Gasteiger partial charge >= 0.3 is 0 Å². The molecule has 3 aromatic heterocycles. The summed E-state index contributed by atoms with van der Waals surface area (Å²) < 4.78 is 3.55. The second-order valence-corrected chi connectivity index (χ2v) is 7.61. The molecule has 3 aromatic rings. The van der Waals surface area contributed by atoms with Crippen LogP contribution < -0.4 is 5.32 Å². The first-order valence-electron chi connectivity index (χ1n) is 8.57. The molecule has 136 valence electrons. The van der Waals surface area contributed by atoms with Crippen molar-refractivity contribution >= 4 is 23.2 Å². The van der Waals surface area contributed by atoms with E-state index in [0.29, 0.717) is 22.7 Å². The van der Waals surface area contributed by atoms with Crippen molar-refractivity contribution in [2.45, 2.75) is 45.1 Å². The molecule has 0 unspecified atom stereocenters. The molecule has 0 atom stereocenters. The highest BCUT2D eigenvalue weighted by atomic mass is 35.5. The summed E-state index contributed by atoms with van der Waals surface area (Å²) in [7, 11) is 1.85. The fraction of sp³-hybridized carbons (Fsp3) is 0.471. The van der Waals surface area contributed by atoms with Gasteiger partial charge < -0.3 is 5.32 Å². The largest absolute Gasteiger partial charge is 0.321 e. The third kappa shape index (κ3) is 3.05. The second kappa shape index (κ2) is 6.05. The van der Waals surface area contributed by atoms with Crippen LogP contribution in [0.5, 0.6) is 0 Å². The molecule has 0 radical (unpaired) electrons. The number of hydrogen-bond donors (Lipinski definition) is 1. The Labute approximate surface area is 156 Å². The number of nitrogens with zero attached hydrogens (tertiary/aromatic N) is 7. The molecule has 0 amide bonds. The van der Waals surface area contributed by atoms with Crippen LogP contribution in [0, 0.1) is 6.92 Å². The van der Waals surface area contributed by atoms with Crippen molar-refractivity contribution in [1.82, 2.24) is 34.5 Å². The van der Waals surface area contributed by atoms with Crippen LogP contribution in [0.2, 0.25) is 5.02 Å². The minimum absolute atomic E-state index is 0.462. The summed E-state index contributed by atoms with van der Waals surface area (Å²) >= 11 is 6.21. The van der Waals surface area contributed by atoms with E-state index in [9.17, 15) is 0 Å². The van der Waals surface area contributed by atoms with Gasteiger partial charge in [0.05, 0.1) is 28.3 Å². The molecule has 1 aliphatic carbocycles. The molecule has 3 heterocycles. The van der Waals surface area contributed by atoms with E-state index < -0.39 is 5.54 Å². The highest BCUT2D eigenvalue weighted by Crippen LogP contribution is 2.42. The van der Waals surface area contributed by atoms with Crippen LogP contribution in [0.4, 0.5) is 11.6 Å². The quantitative estimate of drug-likeness (QED) is 0.740. The summed E-state index contributed by atoms with van der Waals surface area (Å²) in [5.41, 5.74) is 2.14. The number of rotatable bonds is 5. The van der Waals surface area contributed by atoms with Gasteiger partial charge in [-0.1, -0.05) is 11.6 Å². The Morgan fingerprint density at radius 1 is 1.23 bits per heavy atom. The molecule has 0 saturated heterocycles. The Hall–Kier alpha value is -2.48. The third-order valence-corrected chi connectivity index (χ3v) is 4.89. The first kappa shape index (κ1) is 17.0. The van der Waals surface area contributed by atoms with Gasteiger partial charge in [-0.2, -0.15) is 10.2 Å². The molecule has 9 heteroatoms. The minimum atomic E-state index is -0.480. The molecular formula is C17H21ClN8. The number of hydrogen-bond acceptors (Lipinski definition) is 6. The Morgan fingerprint density at radius 3 is 2.65 bits per heavy atom. The molecule has 0 bridgehead atoms. The average Bonchev–Trinajstić information content (AvgIpc) is 3.23. The maximum absolute atomic E-state index is 6.21. The van der Waals surface area contributed by atoms with Crippen molar-refractivity contribution in [3.63, 3.8) is 0 Å². The van der Waals surface area contributed by atoms with Crippen LogP contribution in [0.25, 0.3) is 0 Å². The molecule has 0 aromatic carbocycles. The van der Waals surface area contributed by atoms with Gasteiger partial charge in [0.15, 0.2) is 5.82 Å². The molecule has 1 saturated carbocycles. The molecule has 1 N–H and O–H groups in total. The lowest BCUT2D eigenvalue weighted by molar-refractivity contribution is 0.365. The molecule has 26 heavy (non-hydrogen) atoms. The average molecular weight is 373 g/mol. The number of nitrogens with one attached hydrogen (secondary N) is 1. The van der Waals surface area contributed by atoms with E-state index >= 15 is 0 Å². The van der Waals surface area contributed by atoms with Crippen LogP contribution in [0.15, 0.2) is 18.7 Å². The molecule has 1 aliphatic rings. The smallest absolute Gasteiger partial charge is 0.227 e. The molecular weight excluding hydrogens is 352 g/mol. The van der Waals surface area contributed by atoms with E-state index in [1.807, 2.05) is 38.7 Å². The predicted octanol–water partition coefficient (Wildman–Crippen LogP) is 3.17. The summed E-state index contributed by atoms with van der Waals surface area (Å²) in [6.07, 6.45) is 7.55. The van der Waals surface area contributed by atoms with Gasteiger partial charge in [-0.05, 0) is 33.6 Å². The molecule has 8 nitrogen and oxygen atoms in total. The van der Waals surface area contributed by atoms with Gasteiger partial charge in [-0.3, -0.25) is 9.36 Å². The fourth-order valence-corrected chi connectivity index (χ4v) is 3.04. The van der Waals surface area contributed by atoms with Crippen molar-refractivity contribution in [1.29, 1.82) is 0 Å². The Balaban J connectivity index is 1.62. The molecule has 0 spiro atoms. The first-order valence-corrected chi connectivity index (χ1v) is 8.94. The van der Waals surface area contributed by atoms with Gasteiger partial charge in [0.1, 0.15) is 11.9 Å². The van der Waals surface area contributed by atoms with Crippen LogP contribution in [-0.2, 0) is 12.6 Å². The summed E-state index contributed by atoms with van der Waals surface area (Å²) in [4.78, 5) is 13.2. The predicted molar refractivity (Wildman–Crippen MR) is 98.7 cm³/mol. The van der Waals surface area contributed by atoms with Crippen molar-refractivity contribution in [3.05, 3.63) is 41.0 Å². The standard InChI is InChI=1S/C17H21ClN8/c1-10-13(21-16-19-7-12(18)14(22-16)11-5-6-11)8-26(23-10)17(2,3)15-20-9-25(4)24-15/h7-9,11H,5-6H2,1-4H3,(H,19,21,22). The van der Waals surface area contributed by atoms with E-state index in [0.717, 1.165) is 29.9 Å². The highest BCUT2D eigenvalue weighted by molar-refractivity contribution is 6.31. The van der Waals surface area contributed by atoms with Crippen LogP contribution in [-0.4, -0.2) is 34.5 Å². The lowest BCUT2D eigenvalue weighted by Gasteiger charge is -2.21. The van der Waals surface area contributed by atoms with Crippen molar-refractivity contribution in [2.75, 3.05) is 5.32 Å². The lowest BCUT2D eigenvalue weighted by Crippen LogP contribution is -2.30. The van der Waals surface area contributed by atoms with E-state index in [1.54, 1.807) is 17.2 Å². The van der Waals surface area contributed by atoms with Gasteiger partial charge in [-0.25, -0.2) is 15.0 Å². The highest BCUT2D eigenvalue weighted by Gasteiger charge is 2.30. The van der Waals surface area contributed by atoms with Gasteiger partial charge in [-0.15, -0.1) is 0 Å². The number of aryl methyl sites for hydroxylation is 2. The zero-order chi connectivity index (χ0) is 18.5. The van der Waals surface area contributed by atoms with E-state index in [-0.39, 0.29) is 0 Å². The van der Waals surface area contributed by atoms with Crippen molar-refractivity contribution in [2.24, 2.45) is 7.05 Å². The normalized spacial score (nSPS) is 14.7. The molecule has 1 fully saturated rings. The molecule has 0 aliphatic heterocycles. The third-order valence-electron chi connectivity index (χ3n) is 4.60. The first-order chi connectivity index (χ1) is 12.3. The summed E-state index contributed by atoms with van der Waals surface area (Å²) in [6.45, 7) is 6.00. The number of halogens is 1. The lowest BCUT2D eigenvalue weighted by atomic mass is 10.1. The summed E-state index contributed by atoms with van der Waals surface area (Å²) in [5, 5.41) is 12.9. The van der Waals surface area contributed by atoms with Crippen LogP contribution >= 0.6 is 11.6 Å². The van der Waals surface area contributed by atoms with Gasteiger partial charge in [0, 0.05) is 19.2 Å². The Kier molecular flexibility index (Phi) is 3.95. The number of anilines is 2. The maximum atomic E-state index is 6.21. The second-order valence-electron chi connectivity index (χ2n) is 7.20. The topological polar surface area (TPSA) is 86.3 Å². The summed E-state index contributed by atoms with van der Waals surface area (Å²) in [6, 6.07) is 0. The summed E-state index contributed by atoms with van der Waals surface area (Å²) in [5.74, 6) is 1.70. The van der Waals surface area contributed by atoms with Crippen LogP contribution in [0.1, 0.15) is 49.8 Å². The van der Waals surface area contributed by atoms with E-state index in [2.05, 4.69) is 30.5 Å². The van der Waals surface area contributed by atoms with E-state index in [4.69, 9.17) is 11.6 Å². The van der Waals surface area contributed by atoms with Gasteiger partial charge in [0.25, 0.3) is 0 Å². The van der Waals surface area contributed by atoms with Gasteiger partial charge in [0.2, 0.25) is 5.95 Å². The zero-order valence-electron chi connectivity index (χ0n) is 15.2.